The van der Waals surface area contributed by atoms with Crippen LogP contribution in [-0.4, -0.2) is 140 Å². The van der Waals surface area contributed by atoms with Crippen LogP contribution < -0.4 is 0 Å². The highest BCUT2D eigenvalue weighted by Gasteiger charge is 2.50. The molecule has 0 amide bonds. The van der Waals surface area contributed by atoms with E-state index in [4.69, 9.17) is 27.8 Å². The standard InChI is InChI=1S/C15H27O16P/c16-4-1-26-13(10(22)7(4)19)29-32(25,30-14-11(23)8(20)5(17)2-27-14)31-15-12(24)9(21)6(18)3-28-15/h4-24H,1-3H2/t4-,5-,6-,7+,8+,9+,10-,11-,12-,13-,14-,15-/m1/s1. The minimum absolute atomic E-state index is 0.552. The molecule has 3 rings (SSSR count). The molecule has 0 aromatic carbocycles. The molecule has 0 unspecified atom stereocenters. The average Bonchev–Trinajstić information content (AvgIpc) is 2.75. The van der Waals surface area contributed by atoms with Gasteiger partial charge in [-0.25, -0.2) is 4.57 Å². The molecule has 32 heavy (non-hydrogen) atoms. The largest absolute Gasteiger partial charge is 0.482 e. The van der Waals surface area contributed by atoms with Gasteiger partial charge in [0.05, 0.1) is 19.8 Å². The van der Waals surface area contributed by atoms with Gasteiger partial charge in [-0.05, 0) is 0 Å². The van der Waals surface area contributed by atoms with E-state index in [-0.39, 0.29) is 0 Å². The van der Waals surface area contributed by atoms with Gasteiger partial charge in [-0.1, -0.05) is 0 Å². The molecule has 3 saturated heterocycles. The Morgan fingerprint density at radius 2 is 0.750 bits per heavy atom. The van der Waals surface area contributed by atoms with Gasteiger partial charge in [-0.15, -0.1) is 0 Å². The number of ether oxygens (including phenoxy) is 3. The van der Waals surface area contributed by atoms with Gasteiger partial charge in [-0.2, -0.15) is 0 Å². The Kier molecular flexibility index (Phi) is 8.60. The van der Waals surface area contributed by atoms with Crippen molar-refractivity contribution in [1.29, 1.82) is 0 Å². The number of hydrogen-bond donors (Lipinski definition) is 9. The summed E-state index contributed by atoms with van der Waals surface area (Å²) in [6.07, 6.45) is -21.4. The molecule has 0 radical (unpaired) electrons. The Morgan fingerprint density at radius 3 is 1.00 bits per heavy atom. The molecule has 3 heterocycles. The first kappa shape index (κ1) is 26.2. The SMILES string of the molecule is O=P(O[C@H]1OC[C@@H](O)[C@H](O)[C@H]1O)(O[C@H]1OC[C@@H](O)[C@H](O)[C@H]1O)O[C@H]1OC[C@@H](O)[C@H](O)[C@H]1O. The summed E-state index contributed by atoms with van der Waals surface area (Å²) in [5, 5.41) is 88.1. The maximum atomic E-state index is 13.3. The second-order valence-corrected chi connectivity index (χ2v) is 9.04. The van der Waals surface area contributed by atoms with Gasteiger partial charge in [0.1, 0.15) is 54.9 Å². The van der Waals surface area contributed by atoms with E-state index in [9.17, 15) is 50.5 Å². The predicted octanol–water partition coefficient (Wildman–Crippen LogP) is -5.54. The van der Waals surface area contributed by atoms with Crippen molar-refractivity contribution in [2.75, 3.05) is 19.8 Å². The first-order chi connectivity index (χ1) is 14.9. The van der Waals surface area contributed by atoms with Crippen molar-refractivity contribution in [2.45, 2.75) is 73.8 Å². The molecule has 17 heteroatoms. The fraction of sp³-hybridized carbons (Fsp3) is 1.00. The van der Waals surface area contributed by atoms with Crippen molar-refractivity contribution in [1.82, 2.24) is 0 Å². The molecule has 3 aliphatic heterocycles. The lowest BCUT2D eigenvalue weighted by Crippen LogP contribution is -2.56. The first-order valence-corrected chi connectivity index (χ1v) is 11.0. The summed E-state index contributed by atoms with van der Waals surface area (Å²) in [5.41, 5.74) is 0. The van der Waals surface area contributed by atoms with Crippen molar-refractivity contribution < 1.29 is 78.3 Å². The molecule has 0 aromatic heterocycles. The molecular weight excluding hydrogens is 467 g/mol. The Bertz CT molecular complexity index is 582. The number of phosphoric ester groups is 1. The lowest BCUT2D eigenvalue weighted by molar-refractivity contribution is -0.281. The van der Waals surface area contributed by atoms with Crippen molar-refractivity contribution >= 4 is 7.82 Å². The zero-order chi connectivity index (χ0) is 23.8. The molecule has 0 saturated carbocycles. The van der Waals surface area contributed by atoms with Gasteiger partial charge in [-0.3, -0.25) is 13.6 Å². The highest BCUT2D eigenvalue weighted by molar-refractivity contribution is 7.48. The van der Waals surface area contributed by atoms with Gasteiger partial charge in [0, 0.05) is 0 Å². The minimum atomic E-state index is -5.11. The summed E-state index contributed by atoms with van der Waals surface area (Å²) < 4.78 is 43.4. The van der Waals surface area contributed by atoms with Crippen molar-refractivity contribution in [3.63, 3.8) is 0 Å². The van der Waals surface area contributed by atoms with Gasteiger partial charge in [0.2, 0.25) is 0 Å². The van der Waals surface area contributed by atoms with Crippen LogP contribution in [0, 0.1) is 0 Å². The third kappa shape index (κ3) is 5.64. The lowest BCUT2D eigenvalue weighted by Gasteiger charge is -2.40. The van der Waals surface area contributed by atoms with Crippen LogP contribution in [0.15, 0.2) is 0 Å². The van der Waals surface area contributed by atoms with E-state index >= 15 is 0 Å². The van der Waals surface area contributed by atoms with Gasteiger partial charge in [0.25, 0.3) is 0 Å². The number of aliphatic hydroxyl groups excluding tert-OH is 9. The Hall–Kier alpha value is -0.370. The van der Waals surface area contributed by atoms with E-state index in [0.29, 0.717) is 0 Å². The third-order valence-electron chi connectivity index (χ3n) is 5.06. The number of hydrogen-bond acceptors (Lipinski definition) is 16. The normalized spacial score (nSPS) is 48.5. The summed E-state index contributed by atoms with van der Waals surface area (Å²) in [4.78, 5) is 0. The number of rotatable bonds is 6. The number of aliphatic hydroxyl groups is 9. The summed E-state index contributed by atoms with van der Waals surface area (Å²) in [6.45, 7) is -1.66. The molecule has 0 bridgehead atoms. The Balaban J connectivity index is 1.79. The average molecular weight is 494 g/mol. The van der Waals surface area contributed by atoms with Crippen LogP contribution in [0.25, 0.3) is 0 Å². The summed E-state index contributed by atoms with van der Waals surface area (Å²) in [5.74, 6) is 0. The first-order valence-electron chi connectivity index (χ1n) is 9.56. The summed E-state index contributed by atoms with van der Waals surface area (Å²) >= 11 is 0. The van der Waals surface area contributed by atoms with E-state index in [1.165, 1.54) is 0 Å². The van der Waals surface area contributed by atoms with Gasteiger partial charge < -0.3 is 60.2 Å². The van der Waals surface area contributed by atoms with E-state index < -0.39 is 101 Å². The molecule has 0 aromatic rings. The van der Waals surface area contributed by atoms with E-state index in [0.717, 1.165) is 0 Å². The van der Waals surface area contributed by atoms with Crippen LogP contribution in [0.1, 0.15) is 0 Å². The molecule has 0 aliphatic carbocycles. The van der Waals surface area contributed by atoms with E-state index in [1.807, 2.05) is 0 Å². The molecule has 0 spiro atoms. The molecule has 188 valence electrons. The van der Waals surface area contributed by atoms with Crippen molar-refractivity contribution in [3.8, 4) is 0 Å². The molecule has 9 N–H and O–H groups in total. The summed E-state index contributed by atoms with van der Waals surface area (Å²) in [6, 6.07) is 0. The number of phosphoric acid groups is 1. The molecule has 3 fully saturated rings. The van der Waals surface area contributed by atoms with Crippen molar-refractivity contribution in [2.24, 2.45) is 0 Å². The zero-order valence-electron chi connectivity index (χ0n) is 16.4. The Labute approximate surface area is 180 Å². The highest BCUT2D eigenvalue weighted by Crippen LogP contribution is 2.55. The maximum absolute atomic E-state index is 13.3. The fourth-order valence-electron chi connectivity index (χ4n) is 3.07. The second-order valence-electron chi connectivity index (χ2n) is 7.51. The zero-order valence-corrected chi connectivity index (χ0v) is 17.3. The quantitative estimate of drug-likeness (QED) is 0.156. The Morgan fingerprint density at radius 1 is 0.500 bits per heavy atom. The van der Waals surface area contributed by atoms with Crippen molar-refractivity contribution in [3.05, 3.63) is 0 Å². The highest BCUT2D eigenvalue weighted by atomic mass is 31.2. The van der Waals surface area contributed by atoms with Crippen LogP contribution in [0.5, 0.6) is 0 Å². The molecule has 12 atom stereocenters. The lowest BCUT2D eigenvalue weighted by atomic mass is 10.1. The molecule has 3 aliphatic rings. The van der Waals surface area contributed by atoms with Crippen LogP contribution in [0.3, 0.4) is 0 Å². The monoisotopic (exact) mass is 494 g/mol. The molecule has 16 nitrogen and oxygen atoms in total. The van der Waals surface area contributed by atoms with E-state index in [2.05, 4.69) is 0 Å². The fourth-order valence-corrected chi connectivity index (χ4v) is 4.54. The molecular formula is C15H27O16P. The minimum Gasteiger partial charge on any atom is -0.388 e. The third-order valence-corrected chi connectivity index (χ3v) is 6.46. The van der Waals surface area contributed by atoms with Crippen LogP contribution in [0.4, 0.5) is 0 Å². The smallest absolute Gasteiger partial charge is 0.388 e. The maximum Gasteiger partial charge on any atom is 0.482 e. The van der Waals surface area contributed by atoms with Gasteiger partial charge in [0.15, 0.2) is 18.9 Å². The van der Waals surface area contributed by atoms with Crippen LogP contribution in [-0.2, 0) is 32.3 Å². The van der Waals surface area contributed by atoms with Crippen LogP contribution in [0.2, 0.25) is 0 Å². The van der Waals surface area contributed by atoms with Crippen LogP contribution >= 0.6 is 7.82 Å². The topological polar surface area (TPSA) is 255 Å². The summed E-state index contributed by atoms with van der Waals surface area (Å²) in [7, 11) is -5.11. The van der Waals surface area contributed by atoms with E-state index in [1.54, 1.807) is 0 Å². The predicted molar refractivity (Wildman–Crippen MR) is 94.1 cm³/mol. The van der Waals surface area contributed by atoms with Gasteiger partial charge >= 0.3 is 7.82 Å². The second kappa shape index (κ2) is 10.5.